The molecule has 2 amide bonds. The Hall–Kier alpha value is -2.68. The highest BCUT2D eigenvalue weighted by molar-refractivity contribution is 7.18. The van der Waals surface area contributed by atoms with Crippen LogP contribution in [0.15, 0.2) is 12.4 Å². The van der Waals surface area contributed by atoms with E-state index in [4.69, 9.17) is 4.74 Å². The van der Waals surface area contributed by atoms with Gasteiger partial charge in [0.15, 0.2) is 0 Å². The third kappa shape index (κ3) is 4.59. The second-order valence-electron chi connectivity index (χ2n) is 6.76. The number of carbonyl (C=O) groups is 3. The van der Waals surface area contributed by atoms with Crippen LogP contribution in [0, 0.1) is 13.8 Å². The summed E-state index contributed by atoms with van der Waals surface area (Å²) in [6, 6.07) is -0.580. The molecule has 9 heteroatoms. The van der Waals surface area contributed by atoms with E-state index < -0.39 is 12.0 Å². The monoisotopic (exact) mass is 406 g/mol. The first-order valence-corrected chi connectivity index (χ1v) is 9.82. The molecule has 2 aromatic heterocycles. The average molecular weight is 407 g/mol. The van der Waals surface area contributed by atoms with E-state index in [0.717, 1.165) is 16.9 Å². The number of hydrogen-bond acceptors (Lipinski definition) is 6. The van der Waals surface area contributed by atoms with Crippen molar-refractivity contribution in [3.8, 4) is 0 Å². The lowest BCUT2D eigenvalue weighted by Crippen LogP contribution is -2.24. The van der Waals surface area contributed by atoms with E-state index in [0.29, 0.717) is 21.9 Å². The van der Waals surface area contributed by atoms with Crippen molar-refractivity contribution in [2.24, 2.45) is 0 Å². The molecule has 0 radical (unpaired) electrons. The van der Waals surface area contributed by atoms with Gasteiger partial charge in [0, 0.05) is 20.3 Å². The molecule has 2 aromatic rings. The van der Waals surface area contributed by atoms with E-state index in [2.05, 4.69) is 10.4 Å². The van der Waals surface area contributed by atoms with Gasteiger partial charge in [-0.25, -0.2) is 4.79 Å². The normalized spacial score (nSPS) is 11.8. The van der Waals surface area contributed by atoms with Crippen molar-refractivity contribution >= 4 is 34.1 Å². The molecule has 0 saturated carbocycles. The first-order valence-electron chi connectivity index (χ1n) is 9.01. The third-order valence-corrected chi connectivity index (χ3v) is 5.33. The summed E-state index contributed by atoms with van der Waals surface area (Å²) < 4.78 is 6.80. The zero-order valence-electron chi connectivity index (χ0n) is 17.0. The molecule has 2 heterocycles. The van der Waals surface area contributed by atoms with E-state index in [1.54, 1.807) is 45.0 Å². The van der Waals surface area contributed by atoms with Crippen molar-refractivity contribution in [3.05, 3.63) is 34.0 Å². The number of esters is 1. The number of nitrogens with zero attached hydrogens (tertiary/aromatic N) is 3. The number of nitrogens with one attached hydrogen (secondary N) is 1. The van der Waals surface area contributed by atoms with Crippen LogP contribution in [0.3, 0.4) is 0 Å². The average Bonchev–Trinajstić information content (AvgIpc) is 3.21. The standard InChI is InChI=1S/C19H26N4O4S/c1-7-8-27-19(26)14-12(3)15(18(25)22(5)6)28-17(14)21-16(24)13(4)23-10-11(2)9-20-23/h9-10,13H,7-8H2,1-6H3,(H,21,24). The summed E-state index contributed by atoms with van der Waals surface area (Å²) in [7, 11) is 3.27. The predicted molar refractivity (Wildman–Crippen MR) is 108 cm³/mol. The minimum absolute atomic E-state index is 0.223. The first-order chi connectivity index (χ1) is 13.2. The van der Waals surface area contributed by atoms with Crippen molar-refractivity contribution in [1.82, 2.24) is 14.7 Å². The maximum atomic E-state index is 12.7. The molecule has 28 heavy (non-hydrogen) atoms. The van der Waals surface area contributed by atoms with Crippen LogP contribution in [0.5, 0.6) is 0 Å². The van der Waals surface area contributed by atoms with Crippen molar-refractivity contribution in [1.29, 1.82) is 0 Å². The second-order valence-corrected chi connectivity index (χ2v) is 7.78. The largest absolute Gasteiger partial charge is 0.462 e. The highest BCUT2D eigenvalue weighted by Crippen LogP contribution is 2.35. The SMILES string of the molecule is CCCOC(=O)c1c(NC(=O)C(C)n2cc(C)cn2)sc(C(=O)N(C)C)c1C. The van der Waals surface area contributed by atoms with Gasteiger partial charge in [0.05, 0.1) is 23.2 Å². The number of amides is 2. The molecule has 2 rings (SSSR count). The molecule has 0 fully saturated rings. The smallest absolute Gasteiger partial charge is 0.341 e. The second kappa shape index (κ2) is 9.01. The van der Waals surface area contributed by atoms with Gasteiger partial charge in [-0.1, -0.05) is 6.92 Å². The fourth-order valence-corrected chi connectivity index (χ4v) is 3.72. The van der Waals surface area contributed by atoms with Gasteiger partial charge in [0.1, 0.15) is 11.0 Å². The Kier molecular flexibility index (Phi) is 6.95. The molecule has 0 saturated heterocycles. The van der Waals surface area contributed by atoms with E-state index >= 15 is 0 Å². The topological polar surface area (TPSA) is 93.5 Å². The van der Waals surface area contributed by atoms with Crippen molar-refractivity contribution in [2.75, 3.05) is 26.0 Å². The van der Waals surface area contributed by atoms with Gasteiger partial charge in [-0.3, -0.25) is 14.3 Å². The Morgan fingerprint density at radius 2 is 2.00 bits per heavy atom. The van der Waals surface area contributed by atoms with Gasteiger partial charge in [-0.15, -0.1) is 11.3 Å². The van der Waals surface area contributed by atoms with Gasteiger partial charge in [0.25, 0.3) is 5.91 Å². The van der Waals surface area contributed by atoms with Crippen LogP contribution in [0.4, 0.5) is 5.00 Å². The van der Waals surface area contributed by atoms with Gasteiger partial charge >= 0.3 is 5.97 Å². The van der Waals surface area contributed by atoms with Crippen LogP contribution in [0.25, 0.3) is 0 Å². The fraction of sp³-hybridized carbons (Fsp3) is 0.474. The van der Waals surface area contributed by atoms with Crippen molar-refractivity contribution in [2.45, 2.75) is 40.2 Å². The zero-order valence-corrected chi connectivity index (χ0v) is 17.8. The fourth-order valence-electron chi connectivity index (χ4n) is 2.50. The van der Waals surface area contributed by atoms with Crippen molar-refractivity contribution in [3.63, 3.8) is 0 Å². The van der Waals surface area contributed by atoms with Gasteiger partial charge in [-0.2, -0.15) is 5.10 Å². The summed E-state index contributed by atoms with van der Waals surface area (Å²) in [6.45, 7) is 7.44. The number of hydrogen-bond donors (Lipinski definition) is 1. The van der Waals surface area contributed by atoms with Crippen LogP contribution in [0.2, 0.25) is 0 Å². The van der Waals surface area contributed by atoms with Crippen LogP contribution >= 0.6 is 11.3 Å². The first kappa shape index (κ1) is 21.6. The lowest BCUT2D eigenvalue weighted by molar-refractivity contribution is -0.119. The molecule has 1 N–H and O–H groups in total. The summed E-state index contributed by atoms with van der Waals surface area (Å²) in [6.07, 6.45) is 4.11. The Balaban J connectivity index is 2.37. The number of ether oxygens (including phenoxy) is 1. The van der Waals surface area contributed by atoms with E-state index in [-0.39, 0.29) is 24.0 Å². The molecular formula is C19H26N4O4S. The molecule has 1 unspecified atom stereocenters. The molecule has 8 nitrogen and oxygen atoms in total. The Labute approximate surface area is 168 Å². The van der Waals surface area contributed by atoms with Crippen LogP contribution in [-0.2, 0) is 9.53 Å². The molecule has 0 aliphatic heterocycles. The highest BCUT2D eigenvalue weighted by atomic mass is 32.1. The number of thiophene rings is 1. The quantitative estimate of drug-likeness (QED) is 0.714. The predicted octanol–water partition coefficient (Wildman–Crippen LogP) is 3.03. The van der Waals surface area contributed by atoms with Crippen LogP contribution < -0.4 is 5.32 Å². The van der Waals surface area contributed by atoms with Gasteiger partial charge < -0.3 is 15.0 Å². The van der Waals surface area contributed by atoms with Gasteiger partial charge in [0.2, 0.25) is 5.91 Å². The Morgan fingerprint density at radius 3 is 2.54 bits per heavy atom. The van der Waals surface area contributed by atoms with E-state index in [1.165, 1.54) is 4.90 Å². The lowest BCUT2D eigenvalue weighted by Gasteiger charge is -2.13. The molecule has 0 aromatic carbocycles. The highest BCUT2D eigenvalue weighted by Gasteiger charge is 2.28. The molecule has 1 atom stereocenters. The maximum absolute atomic E-state index is 12.7. The number of anilines is 1. The minimum atomic E-state index is -0.580. The van der Waals surface area contributed by atoms with E-state index in [9.17, 15) is 14.4 Å². The van der Waals surface area contributed by atoms with E-state index in [1.807, 2.05) is 13.8 Å². The summed E-state index contributed by atoms with van der Waals surface area (Å²) in [5, 5.41) is 7.24. The summed E-state index contributed by atoms with van der Waals surface area (Å²) in [5.41, 5.74) is 1.66. The summed E-state index contributed by atoms with van der Waals surface area (Å²) in [5.74, 6) is -1.12. The van der Waals surface area contributed by atoms with Crippen LogP contribution in [0.1, 0.15) is 57.5 Å². The van der Waals surface area contributed by atoms with Crippen molar-refractivity contribution < 1.29 is 19.1 Å². The molecule has 0 aliphatic rings. The number of aryl methyl sites for hydroxylation is 1. The molecule has 0 spiro atoms. The molecule has 0 bridgehead atoms. The zero-order chi connectivity index (χ0) is 21.0. The number of carbonyl (C=O) groups excluding carboxylic acids is 3. The summed E-state index contributed by atoms with van der Waals surface area (Å²) >= 11 is 1.08. The third-order valence-electron chi connectivity index (χ3n) is 4.13. The lowest BCUT2D eigenvalue weighted by atomic mass is 10.1. The molecular weight excluding hydrogens is 380 g/mol. The molecule has 0 aliphatic carbocycles. The number of rotatable bonds is 7. The maximum Gasteiger partial charge on any atom is 0.341 e. The van der Waals surface area contributed by atoms with Crippen LogP contribution in [-0.4, -0.2) is 53.2 Å². The molecule has 152 valence electrons. The minimum Gasteiger partial charge on any atom is -0.462 e. The Bertz CT molecular complexity index is 885. The summed E-state index contributed by atoms with van der Waals surface area (Å²) in [4.78, 5) is 39.6. The number of aromatic nitrogens is 2. The Morgan fingerprint density at radius 1 is 1.32 bits per heavy atom. The van der Waals surface area contributed by atoms with Gasteiger partial charge in [-0.05, 0) is 38.3 Å².